The van der Waals surface area contributed by atoms with Gasteiger partial charge in [-0.3, -0.25) is 0 Å². The topological polar surface area (TPSA) is 63.9 Å². The van der Waals surface area contributed by atoms with Gasteiger partial charge in [-0.1, -0.05) is 42.5 Å². The first-order chi connectivity index (χ1) is 8.63. The summed E-state index contributed by atoms with van der Waals surface area (Å²) in [5, 5.41) is 19.2. The van der Waals surface area contributed by atoms with Gasteiger partial charge in [0.05, 0.1) is 16.2 Å². The van der Waals surface area contributed by atoms with E-state index in [0.29, 0.717) is 12.2 Å². The smallest absolute Gasteiger partial charge is 0.550 e. The Morgan fingerprint density at radius 2 is 2.05 bits per heavy atom. The zero-order valence-corrected chi connectivity index (χ0v) is 14.3. The molecule has 19 heavy (non-hydrogen) atoms. The van der Waals surface area contributed by atoms with E-state index in [9.17, 15) is 9.90 Å². The van der Waals surface area contributed by atoms with Crippen molar-refractivity contribution in [2.24, 2.45) is 5.92 Å². The van der Waals surface area contributed by atoms with Crippen LogP contribution in [0.4, 0.5) is 0 Å². The van der Waals surface area contributed by atoms with Gasteiger partial charge in [0, 0.05) is 11.7 Å². The predicted octanol–water partition coefficient (Wildman–Crippen LogP) is -1.23. The number of thiocarbonyl (C=S) groups is 1. The van der Waals surface area contributed by atoms with Crippen molar-refractivity contribution in [2.75, 3.05) is 5.75 Å². The zero-order valence-electron chi connectivity index (χ0n) is 10.7. The molecule has 0 aromatic heterocycles. The van der Waals surface area contributed by atoms with Gasteiger partial charge in [0.2, 0.25) is 0 Å². The van der Waals surface area contributed by atoms with Gasteiger partial charge < -0.3 is 9.90 Å². The van der Waals surface area contributed by atoms with E-state index >= 15 is 0 Å². The maximum absolute atomic E-state index is 10.3. The summed E-state index contributed by atoms with van der Waals surface area (Å²) in [6.45, 7) is 0. The Balaban J connectivity index is 0.00000324. The van der Waals surface area contributed by atoms with Crippen molar-refractivity contribution in [3.8, 4) is 6.07 Å². The summed E-state index contributed by atoms with van der Waals surface area (Å²) < 4.78 is 0.726. The fourth-order valence-corrected chi connectivity index (χ4v) is 2.55. The summed E-state index contributed by atoms with van der Waals surface area (Å²) in [6.07, 6.45) is 0.222. The van der Waals surface area contributed by atoms with Crippen LogP contribution in [0.1, 0.15) is 18.4 Å². The third-order valence-electron chi connectivity index (χ3n) is 2.30. The molecule has 0 saturated heterocycles. The minimum absolute atomic E-state index is 0. The van der Waals surface area contributed by atoms with Crippen LogP contribution in [0.2, 0.25) is 0 Å². The van der Waals surface area contributed by atoms with Crippen molar-refractivity contribution in [1.29, 1.82) is 5.26 Å². The summed E-state index contributed by atoms with van der Waals surface area (Å²) in [6, 6.07) is 11.6. The number of nitrogens with zero attached hydrogens (tertiary/aromatic N) is 1. The zero-order chi connectivity index (χ0) is 13.4. The largest absolute Gasteiger partial charge is 1.00 e. The normalized spacial score (nSPS) is 10.9. The number of hydrogen-bond acceptors (Lipinski definition) is 5. The van der Waals surface area contributed by atoms with Crippen LogP contribution in [0.25, 0.3) is 0 Å². The number of carboxylic acid groups (broad SMARTS) is 1. The van der Waals surface area contributed by atoms with Gasteiger partial charge in [-0.05, 0) is 18.4 Å². The first kappa shape index (κ1) is 18.6. The van der Waals surface area contributed by atoms with Gasteiger partial charge in [0.25, 0.3) is 0 Å². The average molecular weight is 301 g/mol. The third kappa shape index (κ3) is 7.71. The molecule has 0 spiro atoms. The van der Waals surface area contributed by atoms with Crippen LogP contribution in [0.5, 0.6) is 0 Å². The number of nitriles is 1. The van der Waals surface area contributed by atoms with Gasteiger partial charge in [-0.15, -0.1) is 11.8 Å². The summed E-state index contributed by atoms with van der Waals surface area (Å²) in [4.78, 5) is 10.3. The standard InChI is InChI=1S/C13H13NO2S2.Na/c14-8-10(6-7-12(15)16)9-18-13(17)11-4-2-1-3-5-11;/h1-5,10H,6-7,9H2,(H,15,16);/q;+1/p-1. The van der Waals surface area contributed by atoms with Crippen molar-refractivity contribution in [2.45, 2.75) is 12.8 Å². The van der Waals surface area contributed by atoms with Gasteiger partial charge in [-0.25, -0.2) is 0 Å². The molecule has 0 saturated carbocycles. The van der Waals surface area contributed by atoms with Crippen LogP contribution in [0.15, 0.2) is 30.3 Å². The van der Waals surface area contributed by atoms with E-state index in [1.807, 2.05) is 30.3 Å². The fraction of sp³-hybridized carbons (Fsp3) is 0.308. The van der Waals surface area contributed by atoms with E-state index in [4.69, 9.17) is 17.5 Å². The molecule has 1 atom stereocenters. The van der Waals surface area contributed by atoms with Crippen LogP contribution in [-0.2, 0) is 4.79 Å². The molecule has 1 aromatic carbocycles. The Labute approximate surface area is 144 Å². The van der Waals surface area contributed by atoms with Crippen molar-refractivity contribution >= 4 is 34.1 Å². The summed E-state index contributed by atoms with van der Waals surface area (Å²) in [5.74, 6) is -0.919. The van der Waals surface area contributed by atoms with Gasteiger partial charge in [-0.2, -0.15) is 5.26 Å². The maximum Gasteiger partial charge on any atom is 1.00 e. The minimum atomic E-state index is -1.12. The molecule has 0 aliphatic heterocycles. The molecule has 1 unspecified atom stereocenters. The van der Waals surface area contributed by atoms with E-state index < -0.39 is 5.97 Å². The van der Waals surface area contributed by atoms with Gasteiger partial charge in [0.15, 0.2) is 0 Å². The van der Waals surface area contributed by atoms with E-state index in [0.717, 1.165) is 9.76 Å². The van der Waals surface area contributed by atoms with E-state index in [2.05, 4.69) is 6.07 Å². The Morgan fingerprint density at radius 3 is 2.58 bits per heavy atom. The quantitative estimate of drug-likeness (QED) is 0.486. The maximum atomic E-state index is 10.3. The summed E-state index contributed by atoms with van der Waals surface area (Å²) >= 11 is 6.66. The average Bonchev–Trinajstić information content (AvgIpc) is 2.39. The Bertz CT molecular complexity index is 459. The van der Waals surface area contributed by atoms with Crippen LogP contribution in [0, 0.1) is 17.2 Å². The number of carbonyl (C=O) groups excluding carboxylic acids is 1. The van der Waals surface area contributed by atoms with Gasteiger partial charge >= 0.3 is 29.6 Å². The summed E-state index contributed by atoms with van der Waals surface area (Å²) in [7, 11) is 0. The molecule has 6 heteroatoms. The molecule has 0 heterocycles. The molecule has 0 fully saturated rings. The van der Waals surface area contributed by atoms with Gasteiger partial charge in [0.1, 0.15) is 0 Å². The number of carbonyl (C=O) groups is 1. The number of benzene rings is 1. The third-order valence-corrected chi connectivity index (χ3v) is 3.96. The number of aliphatic carboxylic acids is 1. The van der Waals surface area contributed by atoms with E-state index in [1.54, 1.807) is 0 Å². The van der Waals surface area contributed by atoms with E-state index in [-0.39, 0.29) is 41.9 Å². The molecular formula is C13H12NNaO2S2. The molecule has 0 N–H and O–H groups in total. The van der Waals surface area contributed by atoms with E-state index in [1.165, 1.54) is 11.8 Å². The Kier molecular flexibility index (Phi) is 10.2. The molecule has 0 amide bonds. The first-order valence-corrected chi connectivity index (χ1v) is 6.84. The fourth-order valence-electron chi connectivity index (χ4n) is 1.31. The summed E-state index contributed by atoms with van der Waals surface area (Å²) in [5.41, 5.74) is 0.953. The van der Waals surface area contributed by atoms with Crippen molar-refractivity contribution in [3.63, 3.8) is 0 Å². The molecule has 0 aliphatic carbocycles. The second kappa shape index (κ2) is 10.4. The second-order valence-electron chi connectivity index (χ2n) is 3.70. The molecule has 1 aromatic rings. The number of hydrogen-bond donors (Lipinski definition) is 0. The second-order valence-corrected chi connectivity index (χ2v) is 5.40. The van der Waals surface area contributed by atoms with Crippen molar-refractivity contribution < 1.29 is 39.5 Å². The van der Waals surface area contributed by atoms with Crippen LogP contribution >= 0.6 is 24.0 Å². The first-order valence-electron chi connectivity index (χ1n) is 5.45. The van der Waals surface area contributed by atoms with Crippen molar-refractivity contribution in [3.05, 3.63) is 35.9 Å². The molecule has 0 radical (unpaired) electrons. The van der Waals surface area contributed by atoms with Crippen molar-refractivity contribution in [1.82, 2.24) is 0 Å². The molecule has 94 valence electrons. The SMILES string of the molecule is N#CC(CCC(=O)[O-])CSC(=S)c1ccccc1.[Na+]. The molecule has 1 rings (SSSR count). The molecular weight excluding hydrogens is 289 g/mol. The molecule has 3 nitrogen and oxygen atoms in total. The Morgan fingerprint density at radius 1 is 1.42 bits per heavy atom. The molecule has 0 aliphatic rings. The Hall–Kier alpha value is -0.380. The number of rotatable bonds is 6. The monoisotopic (exact) mass is 301 g/mol. The van der Waals surface area contributed by atoms with Crippen LogP contribution in [0.3, 0.4) is 0 Å². The minimum Gasteiger partial charge on any atom is -0.550 e. The van der Waals surface area contributed by atoms with Crippen LogP contribution in [-0.4, -0.2) is 15.9 Å². The van der Waals surface area contributed by atoms with Crippen LogP contribution < -0.4 is 34.7 Å². The molecule has 0 bridgehead atoms. The number of carboxylic acids is 1. The number of thioether (sulfide) groups is 1. The predicted molar refractivity (Wildman–Crippen MR) is 73.9 cm³/mol.